The molecule has 188 valence electrons. The molecular formula is C27H33N7O2. The molecule has 4 aromatic rings. The number of nitrogens with one attached hydrogen (secondary N) is 1. The third kappa shape index (κ3) is 5.37. The van der Waals surface area contributed by atoms with Gasteiger partial charge in [0, 0.05) is 43.2 Å². The molecular weight excluding hydrogens is 454 g/mol. The summed E-state index contributed by atoms with van der Waals surface area (Å²) < 4.78 is 7.74. The van der Waals surface area contributed by atoms with E-state index >= 15 is 0 Å². The summed E-state index contributed by atoms with van der Waals surface area (Å²) in [5, 5.41) is 13.8. The predicted octanol–water partition coefficient (Wildman–Crippen LogP) is 3.80. The molecule has 3 aromatic heterocycles. The highest BCUT2D eigenvalue weighted by atomic mass is 16.5. The smallest absolute Gasteiger partial charge is 0.252 e. The first-order valence-electron chi connectivity index (χ1n) is 12.6. The van der Waals surface area contributed by atoms with Gasteiger partial charge in [0.25, 0.3) is 5.56 Å². The highest BCUT2D eigenvalue weighted by molar-refractivity contribution is 5.79. The van der Waals surface area contributed by atoms with Gasteiger partial charge in [0.05, 0.1) is 18.7 Å². The zero-order valence-corrected chi connectivity index (χ0v) is 21.1. The van der Waals surface area contributed by atoms with Crippen molar-refractivity contribution < 1.29 is 4.74 Å². The summed E-state index contributed by atoms with van der Waals surface area (Å²) in [5.41, 5.74) is 3.69. The van der Waals surface area contributed by atoms with E-state index < -0.39 is 0 Å². The molecule has 2 atom stereocenters. The molecule has 0 radical (unpaired) electrons. The van der Waals surface area contributed by atoms with Crippen molar-refractivity contribution in [2.24, 2.45) is 5.92 Å². The molecule has 0 amide bonds. The van der Waals surface area contributed by atoms with Crippen LogP contribution in [-0.4, -0.2) is 47.8 Å². The maximum absolute atomic E-state index is 13.1. The lowest BCUT2D eigenvalue weighted by atomic mass is 9.99. The lowest BCUT2D eigenvalue weighted by Crippen LogP contribution is -2.36. The molecule has 0 spiro atoms. The van der Waals surface area contributed by atoms with Crippen LogP contribution in [0.3, 0.4) is 0 Å². The Morgan fingerprint density at radius 2 is 2.11 bits per heavy atom. The first-order chi connectivity index (χ1) is 17.5. The number of hydrogen-bond acceptors (Lipinski definition) is 7. The molecule has 1 aromatic carbocycles. The molecule has 1 aliphatic heterocycles. The van der Waals surface area contributed by atoms with Gasteiger partial charge in [0.1, 0.15) is 0 Å². The van der Waals surface area contributed by atoms with Gasteiger partial charge in [0.15, 0.2) is 5.82 Å². The number of aromatic nitrogens is 6. The number of aryl methyl sites for hydroxylation is 1. The average Bonchev–Trinajstić information content (AvgIpc) is 3.53. The van der Waals surface area contributed by atoms with E-state index in [-0.39, 0.29) is 23.6 Å². The molecule has 9 heteroatoms. The molecule has 5 rings (SSSR count). The van der Waals surface area contributed by atoms with Gasteiger partial charge >= 0.3 is 0 Å². The fourth-order valence-electron chi connectivity index (χ4n) is 5.10. The molecule has 1 fully saturated rings. The van der Waals surface area contributed by atoms with Gasteiger partial charge in [0.2, 0.25) is 0 Å². The van der Waals surface area contributed by atoms with E-state index in [1.165, 1.54) is 0 Å². The highest BCUT2D eigenvalue weighted by Gasteiger charge is 2.31. The van der Waals surface area contributed by atoms with E-state index in [1.807, 2.05) is 35.1 Å². The molecule has 1 N–H and O–H groups in total. The van der Waals surface area contributed by atoms with Crippen LogP contribution in [-0.2, 0) is 24.4 Å². The Morgan fingerprint density at radius 1 is 1.22 bits per heavy atom. The number of tetrazole rings is 1. The summed E-state index contributed by atoms with van der Waals surface area (Å²) in [5.74, 6) is 0.982. The van der Waals surface area contributed by atoms with Crippen molar-refractivity contribution in [1.29, 1.82) is 0 Å². The zero-order valence-electron chi connectivity index (χ0n) is 21.1. The van der Waals surface area contributed by atoms with Crippen molar-refractivity contribution in [2.75, 3.05) is 6.61 Å². The van der Waals surface area contributed by atoms with Crippen LogP contribution in [0.1, 0.15) is 55.2 Å². The van der Waals surface area contributed by atoms with E-state index in [1.54, 1.807) is 6.20 Å². The van der Waals surface area contributed by atoms with Gasteiger partial charge in [-0.15, -0.1) is 5.10 Å². The van der Waals surface area contributed by atoms with Gasteiger partial charge in [-0.1, -0.05) is 31.5 Å². The fraction of sp³-hybridized carbons (Fsp3) is 0.444. The normalized spacial score (nSPS) is 16.9. The maximum Gasteiger partial charge on any atom is 0.252 e. The van der Waals surface area contributed by atoms with E-state index in [2.05, 4.69) is 63.3 Å². The Hall–Kier alpha value is -3.43. The molecule has 0 saturated carbocycles. The number of fused-ring (bicyclic) bond motifs is 1. The Morgan fingerprint density at radius 3 is 2.86 bits per heavy atom. The quantitative estimate of drug-likeness (QED) is 0.383. The molecule has 0 aliphatic carbocycles. The Kier molecular flexibility index (Phi) is 7.20. The summed E-state index contributed by atoms with van der Waals surface area (Å²) >= 11 is 0. The fourth-order valence-corrected chi connectivity index (χ4v) is 5.10. The first kappa shape index (κ1) is 24.3. The van der Waals surface area contributed by atoms with Crippen LogP contribution >= 0.6 is 0 Å². The average molecular weight is 488 g/mol. The molecule has 0 bridgehead atoms. The minimum Gasteiger partial charge on any atom is -0.376 e. The van der Waals surface area contributed by atoms with Crippen molar-refractivity contribution >= 4 is 10.9 Å². The van der Waals surface area contributed by atoms with E-state index in [0.717, 1.165) is 47.3 Å². The van der Waals surface area contributed by atoms with Gasteiger partial charge in [-0.2, -0.15) is 0 Å². The Bertz CT molecular complexity index is 1360. The molecule has 2 unspecified atom stereocenters. The third-order valence-corrected chi connectivity index (χ3v) is 6.81. The maximum atomic E-state index is 13.1. The largest absolute Gasteiger partial charge is 0.376 e. The van der Waals surface area contributed by atoms with Crippen LogP contribution in [0.4, 0.5) is 0 Å². The number of hydrogen-bond donors (Lipinski definition) is 1. The molecule has 36 heavy (non-hydrogen) atoms. The Balaban J connectivity index is 1.53. The highest BCUT2D eigenvalue weighted by Crippen LogP contribution is 2.30. The molecule has 4 heterocycles. The van der Waals surface area contributed by atoms with Crippen LogP contribution in [0.15, 0.2) is 53.6 Å². The Labute approximate surface area is 210 Å². The SMILES string of the molecule is Cc1ccc2[nH]c(=O)c(CN(Cc3cccnc3)C(c3nnnn3CC3CCCO3)C(C)C)cc2c1. The summed E-state index contributed by atoms with van der Waals surface area (Å²) in [4.78, 5) is 22.8. The van der Waals surface area contributed by atoms with E-state index in [9.17, 15) is 4.79 Å². The van der Waals surface area contributed by atoms with Crippen molar-refractivity contribution in [3.8, 4) is 0 Å². The minimum atomic E-state index is -0.116. The topological polar surface area (TPSA) is 102 Å². The molecule has 9 nitrogen and oxygen atoms in total. The van der Waals surface area contributed by atoms with Crippen molar-refractivity contribution in [1.82, 2.24) is 35.1 Å². The number of rotatable bonds is 9. The van der Waals surface area contributed by atoms with Crippen LogP contribution in [0.2, 0.25) is 0 Å². The third-order valence-electron chi connectivity index (χ3n) is 6.81. The van der Waals surface area contributed by atoms with Crippen molar-refractivity contribution in [3.63, 3.8) is 0 Å². The molecule has 1 aliphatic rings. The lowest BCUT2D eigenvalue weighted by molar-refractivity contribution is 0.0851. The van der Waals surface area contributed by atoms with Crippen LogP contribution < -0.4 is 5.56 Å². The van der Waals surface area contributed by atoms with Crippen LogP contribution in [0.25, 0.3) is 10.9 Å². The van der Waals surface area contributed by atoms with Gasteiger partial charge in [-0.25, -0.2) is 4.68 Å². The van der Waals surface area contributed by atoms with Gasteiger partial charge in [-0.05, 0) is 71.3 Å². The number of pyridine rings is 2. The summed E-state index contributed by atoms with van der Waals surface area (Å²) in [6, 6.07) is 11.9. The van der Waals surface area contributed by atoms with Crippen LogP contribution in [0, 0.1) is 12.8 Å². The second-order valence-electron chi connectivity index (χ2n) is 10.0. The van der Waals surface area contributed by atoms with Crippen molar-refractivity contribution in [3.05, 3.63) is 81.7 Å². The van der Waals surface area contributed by atoms with Crippen molar-refractivity contribution in [2.45, 2.75) is 65.4 Å². The lowest BCUT2D eigenvalue weighted by Gasteiger charge is -2.33. The number of ether oxygens (including phenoxy) is 1. The second-order valence-corrected chi connectivity index (χ2v) is 10.0. The zero-order chi connectivity index (χ0) is 25.1. The van der Waals surface area contributed by atoms with Gasteiger partial charge in [-0.3, -0.25) is 14.7 Å². The summed E-state index contributed by atoms with van der Waals surface area (Å²) in [6.07, 6.45) is 5.84. The second kappa shape index (κ2) is 10.7. The standard InChI is InChI=1S/C27H33N7O2/c1-18(2)25(26-30-31-32-34(26)17-23-7-5-11-36-23)33(15-20-6-4-10-28-14-20)16-22-13-21-12-19(3)8-9-24(21)29-27(22)35/h4,6,8-10,12-14,18,23,25H,5,7,11,15-17H2,1-3H3,(H,29,35). The number of nitrogens with zero attached hydrogens (tertiary/aromatic N) is 6. The van der Waals surface area contributed by atoms with E-state index in [0.29, 0.717) is 25.2 Å². The molecule has 1 saturated heterocycles. The number of aromatic amines is 1. The summed E-state index contributed by atoms with van der Waals surface area (Å²) in [7, 11) is 0. The predicted molar refractivity (Wildman–Crippen MR) is 137 cm³/mol. The van der Waals surface area contributed by atoms with E-state index in [4.69, 9.17) is 4.74 Å². The number of H-pyrrole nitrogens is 1. The van der Waals surface area contributed by atoms with Gasteiger partial charge < -0.3 is 9.72 Å². The summed E-state index contributed by atoms with van der Waals surface area (Å²) in [6.45, 7) is 8.86. The monoisotopic (exact) mass is 487 g/mol. The minimum absolute atomic E-state index is 0.0796. The van der Waals surface area contributed by atoms with Crippen LogP contribution in [0.5, 0.6) is 0 Å². The number of benzene rings is 1. The first-order valence-corrected chi connectivity index (χ1v) is 12.6.